The van der Waals surface area contributed by atoms with Crippen LogP contribution in [0.1, 0.15) is 12.5 Å². The molecule has 1 aliphatic rings. The van der Waals surface area contributed by atoms with Gasteiger partial charge in [0.1, 0.15) is 0 Å². The van der Waals surface area contributed by atoms with Crippen LogP contribution >= 0.6 is 0 Å². The van der Waals surface area contributed by atoms with Crippen LogP contribution in [0.25, 0.3) is 6.08 Å². The topological polar surface area (TPSA) is 81.8 Å². The molecule has 2 rings (SSSR count). The van der Waals surface area contributed by atoms with Crippen LogP contribution in [0, 0.1) is 15.9 Å². The van der Waals surface area contributed by atoms with Gasteiger partial charge in [0.05, 0.1) is 4.92 Å². The molecule has 0 fully saturated rings. The van der Waals surface area contributed by atoms with Gasteiger partial charge in [0.2, 0.25) is 5.82 Å². The highest BCUT2D eigenvalue weighted by Crippen LogP contribution is 2.21. The third-order valence-electron chi connectivity index (χ3n) is 2.20. The van der Waals surface area contributed by atoms with Gasteiger partial charge in [-0.3, -0.25) is 10.1 Å². The van der Waals surface area contributed by atoms with E-state index in [1.165, 1.54) is 19.1 Å². The van der Waals surface area contributed by atoms with Gasteiger partial charge in [-0.15, -0.1) is 0 Å². The second-order valence-electron chi connectivity index (χ2n) is 3.52. The number of rotatable bonds is 2. The minimum atomic E-state index is -0.934. The van der Waals surface area contributed by atoms with Crippen LogP contribution in [-0.2, 0) is 9.53 Å². The number of ether oxygens (including phenoxy) is 1. The van der Waals surface area contributed by atoms with E-state index in [4.69, 9.17) is 0 Å². The molecular formula is C11H7FN2O4. The summed E-state index contributed by atoms with van der Waals surface area (Å²) in [5.74, 6) is -1.38. The van der Waals surface area contributed by atoms with Crippen LogP contribution in [0.4, 0.5) is 10.1 Å². The van der Waals surface area contributed by atoms with Crippen molar-refractivity contribution in [3.8, 4) is 0 Å². The third-order valence-corrected chi connectivity index (χ3v) is 2.20. The van der Waals surface area contributed by atoms with Gasteiger partial charge in [-0.05, 0) is 17.7 Å². The SMILES string of the molecule is CC1=NC(=Cc2ccc(F)c([N+](=O)[O-])c2)C(=O)O1. The molecule has 0 aromatic heterocycles. The van der Waals surface area contributed by atoms with E-state index in [0.29, 0.717) is 5.56 Å². The normalized spacial score (nSPS) is 16.7. The third kappa shape index (κ3) is 2.24. The van der Waals surface area contributed by atoms with Crippen LogP contribution in [0.3, 0.4) is 0 Å². The van der Waals surface area contributed by atoms with Crippen molar-refractivity contribution in [2.45, 2.75) is 6.92 Å². The Kier molecular flexibility index (Phi) is 2.88. The Hall–Kier alpha value is -2.57. The number of esters is 1. The van der Waals surface area contributed by atoms with E-state index in [1.54, 1.807) is 0 Å². The molecule has 92 valence electrons. The Labute approximate surface area is 101 Å². The number of hydrogen-bond donors (Lipinski definition) is 0. The summed E-state index contributed by atoms with van der Waals surface area (Å²) in [5, 5.41) is 10.6. The van der Waals surface area contributed by atoms with E-state index in [0.717, 1.165) is 12.1 Å². The first-order valence-electron chi connectivity index (χ1n) is 4.90. The van der Waals surface area contributed by atoms with Crippen LogP contribution in [0.5, 0.6) is 0 Å². The minimum Gasteiger partial charge on any atom is -0.407 e. The average Bonchev–Trinajstić information content (AvgIpc) is 2.60. The zero-order valence-corrected chi connectivity index (χ0v) is 9.21. The first kappa shape index (κ1) is 11.9. The number of carbonyl (C=O) groups is 1. The van der Waals surface area contributed by atoms with Crippen molar-refractivity contribution >= 4 is 23.6 Å². The van der Waals surface area contributed by atoms with Gasteiger partial charge < -0.3 is 4.74 Å². The molecule has 0 saturated heterocycles. The van der Waals surface area contributed by atoms with E-state index < -0.39 is 22.4 Å². The van der Waals surface area contributed by atoms with Crippen LogP contribution in [0.2, 0.25) is 0 Å². The van der Waals surface area contributed by atoms with E-state index in [2.05, 4.69) is 9.73 Å². The lowest BCUT2D eigenvalue weighted by molar-refractivity contribution is -0.387. The predicted octanol–water partition coefficient (Wildman–Crippen LogP) is 2.05. The van der Waals surface area contributed by atoms with E-state index >= 15 is 0 Å². The van der Waals surface area contributed by atoms with Gasteiger partial charge in [0.25, 0.3) is 0 Å². The lowest BCUT2D eigenvalue weighted by Gasteiger charge is -1.96. The summed E-state index contributed by atoms with van der Waals surface area (Å²) < 4.78 is 17.8. The van der Waals surface area contributed by atoms with Crippen molar-refractivity contribution in [3.63, 3.8) is 0 Å². The molecular weight excluding hydrogens is 243 g/mol. The smallest absolute Gasteiger partial charge is 0.363 e. The second-order valence-corrected chi connectivity index (χ2v) is 3.52. The highest BCUT2D eigenvalue weighted by atomic mass is 19.1. The molecule has 7 heteroatoms. The van der Waals surface area contributed by atoms with Crippen molar-refractivity contribution in [1.82, 2.24) is 0 Å². The summed E-state index contributed by atoms with van der Waals surface area (Å²) in [6.45, 7) is 1.51. The van der Waals surface area contributed by atoms with Crippen LogP contribution in [-0.4, -0.2) is 16.8 Å². The molecule has 0 unspecified atom stereocenters. The Balaban J connectivity index is 2.42. The van der Waals surface area contributed by atoms with Crippen molar-refractivity contribution < 1.29 is 18.8 Å². The van der Waals surface area contributed by atoms with E-state index in [1.807, 2.05) is 0 Å². The molecule has 0 saturated carbocycles. The molecule has 0 bridgehead atoms. The summed E-state index contributed by atoms with van der Waals surface area (Å²) in [5.41, 5.74) is -0.335. The summed E-state index contributed by atoms with van der Waals surface area (Å²) >= 11 is 0. The molecule has 18 heavy (non-hydrogen) atoms. The molecule has 0 radical (unpaired) electrons. The van der Waals surface area contributed by atoms with Crippen LogP contribution in [0.15, 0.2) is 28.9 Å². The molecule has 0 aliphatic carbocycles. The van der Waals surface area contributed by atoms with Gasteiger partial charge in [-0.2, -0.15) is 4.39 Å². The fraction of sp³-hybridized carbons (Fsp3) is 0.0909. The predicted molar refractivity (Wildman–Crippen MR) is 60.2 cm³/mol. The lowest BCUT2D eigenvalue weighted by atomic mass is 10.1. The molecule has 0 atom stereocenters. The Morgan fingerprint density at radius 3 is 2.78 bits per heavy atom. The number of nitrogens with zero attached hydrogens (tertiary/aromatic N) is 2. The fourth-order valence-corrected chi connectivity index (χ4v) is 1.43. The number of nitro benzene ring substituents is 1. The summed E-state index contributed by atoms with van der Waals surface area (Å²) in [7, 11) is 0. The maximum atomic E-state index is 13.1. The van der Waals surface area contributed by atoms with Gasteiger partial charge >= 0.3 is 11.7 Å². The van der Waals surface area contributed by atoms with E-state index in [-0.39, 0.29) is 11.6 Å². The van der Waals surface area contributed by atoms with Crippen molar-refractivity contribution in [1.29, 1.82) is 0 Å². The maximum absolute atomic E-state index is 13.1. The molecule has 1 aliphatic heterocycles. The van der Waals surface area contributed by atoms with Gasteiger partial charge in [0.15, 0.2) is 11.6 Å². The zero-order valence-electron chi connectivity index (χ0n) is 9.21. The van der Waals surface area contributed by atoms with Crippen LogP contribution < -0.4 is 0 Å². The molecule has 1 aromatic carbocycles. The minimum absolute atomic E-state index is 0.0217. The van der Waals surface area contributed by atoms with Gasteiger partial charge in [-0.25, -0.2) is 9.79 Å². The standard InChI is InChI=1S/C11H7FN2O4/c1-6-13-9(11(15)18-6)4-7-2-3-8(12)10(5-7)14(16)17/h2-5H,1H3. The molecule has 1 heterocycles. The monoisotopic (exact) mass is 250 g/mol. The average molecular weight is 250 g/mol. The Bertz CT molecular complexity index is 607. The van der Waals surface area contributed by atoms with Crippen molar-refractivity contribution in [2.75, 3.05) is 0 Å². The molecule has 0 spiro atoms. The summed E-state index contributed by atoms with van der Waals surface area (Å²) in [4.78, 5) is 24.8. The number of benzene rings is 1. The second kappa shape index (κ2) is 4.36. The maximum Gasteiger partial charge on any atom is 0.363 e. The first-order chi connectivity index (χ1) is 8.47. The number of nitro groups is 1. The van der Waals surface area contributed by atoms with E-state index in [9.17, 15) is 19.3 Å². The number of hydrogen-bond acceptors (Lipinski definition) is 5. The van der Waals surface area contributed by atoms with Crippen molar-refractivity contribution in [3.05, 3.63) is 45.4 Å². The first-order valence-corrected chi connectivity index (χ1v) is 4.90. The largest absolute Gasteiger partial charge is 0.407 e. The Morgan fingerprint density at radius 2 is 2.22 bits per heavy atom. The summed E-state index contributed by atoms with van der Waals surface area (Å²) in [6.07, 6.45) is 1.30. The van der Waals surface area contributed by atoms with Crippen molar-refractivity contribution in [2.24, 2.45) is 4.99 Å². The number of cyclic esters (lactones) is 1. The zero-order chi connectivity index (χ0) is 13.3. The molecule has 1 aromatic rings. The number of halogens is 1. The Morgan fingerprint density at radius 1 is 1.50 bits per heavy atom. The molecule has 0 N–H and O–H groups in total. The van der Waals surface area contributed by atoms with Gasteiger partial charge in [-0.1, -0.05) is 6.07 Å². The number of carbonyl (C=O) groups excluding carboxylic acids is 1. The lowest BCUT2D eigenvalue weighted by Crippen LogP contribution is -2.00. The quantitative estimate of drug-likeness (QED) is 0.348. The highest BCUT2D eigenvalue weighted by molar-refractivity contribution is 6.06. The van der Waals surface area contributed by atoms with Gasteiger partial charge in [0, 0.05) is 13.0 Å². The highest BCUT2D eigenvalue weighted by Gasteiger charge is 2.20. The molecule has 6 nitrogen and oxygen atoms in total. The molecule has 0 amide bonds. The number of aliphatic imine (C=N–C) groups is 1. The fourth-order valence-electron chi connectivity index (χ4n) is 1.43. The summed E-state index contributed by atoms with van der Waals surface area (Å²) in [6, 6.07) is 3.30.